The lowest BCUT2D eigenvalue weighted by Gasteiger charge is -2.34. The Kier molecular flexibility index (Phi) is 10.2. The molecular formula is C33H34BrN3O4S. The third-order valence-electron chi connectivity index (χ3n) is 7.00. The van der Waals surface area contributed by atoms with E-state index in [1.807, 2.05) is 80.6 Å². The van der Waals surface area contributed by atoms with Crippen LogP contribution in [-0.2, 0) is 32.6 Å². The van der Waals surface area contributed by atoms with Gasteiger partial charge in [0.15, 0.2) is 0 Å². The van der Waals surface area contributed by atoms with E-state index in [-0.39, 0.29) is 23.8 Å². The summed E-state index contributed by atoms with van der Waals surface area (Å²) in [5.41, 5.74) is 3.65. The fraction of sp³-hybridized carbons (Fsp3) is 0.212. The van der Waals surface area contributed by atoms with Crippen LogP contribution in [-0.4, -0.2) is 44.8 Å². The number of anilines is 1. The molecule has 0 unspecified atom stereocenters. The van der Waals surface area contributed by atoms with Crippen molar-refractivity contribution in [1.82, 2.24) is 10.2 Å². The van der Waals surface area contributed by atoms with E-state index in [0.717, 1.165) is 25.5 Å². The van der Waals surface area contributed by atoms with Crippen molar-refractivity contribution in [3.8, 4) is 0 Å². The zero-order chi connectivity index (χ0) is 30.3. The maximum Gasteiger partial charge on any atom is 0.264 e. The average molecular weight is 649 g/mol. The molecule has 0 saturated heterocycles. The van der Waals surface area contributed by atoms with Gasteiger partial charge < -0.3 is 10.2 Å². The Bertz CT molecular complexity index is 1650. The molecule has 0 aliphatic carbocycles. The standard InChI is InChI=1S/C33H34BrN3O4S/c1-24-17-18-25(2)30(19-24)37(42(40,41)29-15-8-5-9-16-29)23-32(38)36(22-27-13-10-14-28(34)20-27)31(33(39)35-3)21-26-11-6-4-7-12-26/h4-20,31H,21-23H2,1-3H3,(H,35,39)/t31-/m0/s1. The normalized spacial score (nSPS) is 11.9. The first-order valence-corrected chi connectivity index (χ1v) is 15.8. The molecule has 0 aliphatic rings. The Labute approximate surface area is 256 Å². The van der Waals surface area contributed by atoms with Gasteiger partial charge in [-0.25, -0.2) is 8.42 Å². The van der Waals surface area contributed by atoms with Gasteiger partial charge in [0.25, 0.3) is 10.0 Å². The van der Waals surface area contributed by atoms with Crippen molar-refractivity contribution in [2.24, 2.45) is 0 Å². The largest absolute Gasteiger partial charge is 0.357 e. The van der Waals surface area contributed by atoms with Crippen LogP contribution in [0.1, 0.15) is 22.3 Å². The summed E-state index contributed by atoms with van der Waals surface area (Å²) in [4.78, 5) is 29.3. The summed E-state index contributed by atoms with van der Waals surface area (Å²) in [6, 6.07) is 29.6. The summed E-state index contributed by atoms with van der Waals surface area (Å²) in [5.74, 6) is -0.841. The number of likely N-dealkylation sites (N-methyl/N-ethyl adjacent to an activating group) is 1. The van der Waals surface area contributed by atoms with Crippen molar-refractivity contribution in [2.45, 2.75) is 37.8 Å². The number of hydrogen-bond acceptors (Lipinski definition) is 4. The molecule has 0 saturated carbocycles. The Morgan fingerprint density at radius 3 is 2.12 bits per heavy atom. The van der Waals surface area contributed by atoms with E-state index in [1.54, 1.807) is 24.3 Å². The summed E-state index contributed by atoms with van der Waals surface area (Å²) >= 11 is 3.49. The second-order valence-corrected chi connectivity index (χ2v) is 12.9. The molecule has 7 nitrogen and oxygen atoms in total. The van der Waals surface area contributed by atoms with Crippen molar-refractivity contribution in [2.75, 3.05) is 17.9 Å². The van der Waals surface area contributed by atoms with Crippen LogP contribution >= 0.6 is 15.9 Å². The van der Waals surface area contributed by atoms with E-state index in [1.165, 1.54) is 24.1 Å². The second kappa shape index (κ2) is 13.8. The molecule has 4 rings (SSSR count). The van der Waals surface area contributed by atoms with Crippen LogP contribution in [0.4, 0.5) is 5.69 Å². The topological polar surface area (TPSA) is 86.8 Å². The highest BCUT2D eigenvalue weighted by Crippen LogP contribution is 2.29. The van der Waals surface area contributed by atoms with Gasteiger partial charge in [-0.1, -0.05) is 88.7 Å². The fourth-order valence-corrected chi connectivity index (χ4v) is 6.71. The number of hydrogen-bond donors (Lipinski definition) is 1. The Balaban J connectivity index is 1.81. The summed E-state index contributed by atoms with van der Waals surface area (Å²) in [6.07, 6.45) is 0.259. The van der Waals surface area contributed by atoms with Gasteiger partial charge in [-0.05, 0) is 66.4 Å². The van der Waals surface area contributed by atoms with E-state index >= 15 is 0 Å². The molecule has 0 fully saturated rings. The maximum absolute atomic E-state index is 14.4. The highest BCUT2D eigenvalue weighted by Gasteiger charge is 2.34. The van der Waals surface area contributed by atoms with Crippen LogP contribution < -0.4 is 9.62 Å². The predicted octanol–water partition coefficient (Wildman–Crippen LogP) is 5.65. The smallest absolute Gasteiger partial charge is 0.264 e. The van der Waals surface area contributed by atoms with Gasteiger partial charge in [0, 0.05) is 24.5 Å². The summed E-state index contributed by atoms with van der Waals surface area (Å²) in [6.45, 7) is 3.31. The van der Waals surface area contributed by atoms with Crippen LogP contribution in [0.5, 0.6) is 0 Å². The van der Waals surface area contributed by atoms with Crippen molar-refractivity contribution < 1.29 is 18.0 Å². The number of halogens is 1. The lowest BCUT2D eigenvalue weighted by molar-refractivity contribution is -0.139. The van der Waals surface area contributed by atoms with Gasteiger partial charge in [-0.2, -0.15) is 0 Å². The summed E-state index contributed by atoms with van der Waals surface area (Å²) in [5, 5.41) is 2.70. The second-order valence-electron chi connectivity index (χ2n) is 10.1. The zero-order valence-electron chi connectivity index (χ0n) is 23.8. The van der Waals surface area contributed by atoms with Crippen LogP contribution in [0.15, 0.2) is 112 Å². The predicted molar refractivity (Wildman–Crippen MR) is 170 cm³/mol. The van der Waals surface area contributed by atoms with Gasteiger partial charge in [-0.3, -0.25) is 13.9 Å². The third kappa shape index (κ3) is 7.46. The third-order valence-corrected chi connectivity index (χ3v) is 9.27. The Morgan fingerprint density at radius 1 is 0.833 bits per heavy atom. The highest BCUT2D eigenvalue weighted by molar-refractivity contribution is 9.10. The number of rotatable bonds is 11. The van der Waals surface area contributed by atoms with Gasteiger partial charge in [0.2, 0.25) is 11.8 Å². The molecule has 42 heavy (non-hydrogen) atoms. The molecular weight excluding hydrogens is 614 g/mol. The first-order chi connectivity index (χ1) is 20.1. The number of carbonyl (C=O) groups is 2. The van der Waals surface area contributed by atoms with Crippen molar-refractivity contribution >= 4 is 43.5 Å². The van der Waals surface area contributed by atoms with Gasteiger partial charge >= 0.3 is 0 Å². The molecule has 4 aromatic carbocycles. The molecule has 9 heteroatoms. The van der Waals surface area contributed by atoms with Crippen LogP contribution in [0.3, 0.4) is 0 Å². The molecule has 1 N–H and O–H groups in total. The van der Waals surface area contributed by atoms with Gasteiger partial charge in [0.1, 0.15) is 12.6 Å². The van der Waals surface area contributed by atoms with Gasteiger partial charge in [-0.15, -0.1) is 0 Å². The lowest BCUT2D eigenvalue weighted by atomic mass is 10.0. The van der Waals surface area contributed by atoms with Gasteiger partial charge in [0.05, 0.1) is 10.6 Å². The van der Waals surface area contributed by atoms with E-state index in [4.69, 9.17) is 0 Å². The Hall–Kier alpha value is -3.95. The minimum absolute atomic E-state index is 0.0735. The summed E-state index contributed by atoms with van der Waals surface area (Å²) < 4.78 is 30.1. The molecule has 218 valence electrons. The number of amides is 2. The zero-order valence-corrected chi connectivity index (χ0v) is 26.2. The van der Waals surface area contributed by atoms with E-state index in [0.29, 0.717) is 11.3 Å². The average Bonchev–Trinajstić information content (AvgIpc) is 2.99. The molecule has 0 spiro atoms. The van der Waals surface area contributed by atoms with E-state index in [2.05, 4.69) is 21.2 Å². The summed E-state index contributed by atoms with van der Waals surface area (Å²) in [7, 11) is -2.60. The number of nitrogens with zero attached hydrogens (tertiary/aromatic N) is 2. The molecule has 1 atom stereocenters. The van der Waals surface area contributed by atoms with Crippen LogP contribution in [0.2, 0.25) is 0 Å². The first-order valence-electron chi connectivity index (χ1n) is 13.5. The van der Waals surface area contributed by atoms with E-state index in [9.17, 15) is 18.0 Å². The number of aryl methyl sites for hydroxylation is 2. The van der Waals surface area contributed by atoms with Crippen molar-refractivity contribution in [3.63, 3.8) is 0 Å². The molecule has 2 amide bonds. The van der Waals surface area contributed by atoms with E-state index < -0.39 is 28.5 Å². The SMILES string of the molecule is CNC(=O)[C@H](Cc1ccccc1)N(Cc1cccc(Br)c1)C(=O)CN(c1cc(C)ccc1C)S(=O)(=O)c1ccccc1. The quantitative estimate of drug-likeness (QED) is 0.228. The van der Waals surface area contributed by atoms with Crippen molar-refractivity contribution in [3.05, 3.63) is 130 Å². The molecule has 0 heterocycles. The molecule has 0 aromatic heterocycles. The number of carbonyl (C=O) groups excluding carboxylic acids is 2. The Morgan fingerprint density at radius 2 is 1.48 bits per heavy atom. The minimum atomic E-state index is -4.13. The monoisotopic (exact) mass is 647 g/mol. The van der Waals surface area contributed by atoms with Crippen LogP contribution in [0.25, 0.3) is 0 Å². The number of sulfonamides is 1. The highest BCUT2D eigenvalue weighted by atomic mass is 79.9. The first kappa shape index (κ1) is 31.0. The molecule has 0 radical (unpaired) electrons. The lowest BCUT2D eigenvalue weighted by Crippen LogP contribution is -2.53. The number of nitrogens with one attached hydrogen (secondary N) is 1. The number of benzene rings is 4. The van der Waals surface area contributed by atoms with Crippen molar-refractivity contribution in [1.29, 1.82) is 0 Å². The van der Waals surface area contributed by atoms with Crippen LogP contribution in [0, 0.1) is 13.8 Å². The molecule has 0 aliphatic heterocycles. The molecule has 0 bridgehead atoms. The maximum atomic E-state index is 14.4. The molecule has 4 aromatic rings. The fourth-order valence-electron chi connectivity index (χ4n) is 4.77. The minimum Gasteiger partial charge on any atom is -0.357 e.